The van der Waals surface area contributed by atoms with Gasteiger partial charge in [-0.25, -0.2) is 0 Å². The number of hydrogen-bond donors (Lipinski definition) is 2. The highest BCUT2D eigenvalue weighted by molar-refractivity contribution is 6.05. The van der Waals surface area contributed by atoms with Gasteiger partial charge < -0.3 is 10.6 Å². The van der Waals surface area contributed by atoms with Crippen molar-refractivity contribution < 1.29 is 14.4 Å². The van der Waals surface area contributed by atoms with Crippen LogP contribution >= 0.6 is 0 Å². The molecule has 0 atom stereocenters. The molecule has 1 aromatic rings. The Hall–Kier alpha value is -2.21. The van der Waals surface area contributed by atoms with Gasteiger partial charge in [-0.3, -0.25) is 19.7 Å². The summed E-state index contributed by atoms with van der Waals surface area (Å²) in [7, 11) is 0. The lowest BCUT2D eigenvalue weighted by Crippen LogP contribution is -2.53. The molecule has 1 aliphatic rings. The number of hydrogen-bond acceptors (Lipinski definition) is 4. The zero-order valence-corrected chi connectivity index (χ0v) is 10.4. The summed E-state index contributed by atoms with van der Waals surface area (Å²) < 4.78 is 0. The topological polar surface area (TPSA) is 92.5 Å². The maximum absolute atomic E-state index is 12.1. The molecular weight excluding hydrogens is 246 g/mol. The highest BCUT2D eigenvalue weighted by atomic mass is 16.2. The maximum Gasteiger partial charge on any atom is 0.254 e. The molecule has 1 heterocycles. The van der Waals surface area contributed by atoms with E-state index in [1.165, 1.54) is 4.90 Å². The first-order valence-corrected chi connectivity index (χ1v) is 6.01. The second kappa shape index (κ2) is 5.62. The van der Waals surface area contributed by atoms with E-state index in [2.05, 4.69) is 5.32 Å². The van der Waals surface area contributed by atoms with Crippen LogP contribution in [-0.2, 0) is 16.0 Å². The summed E-state index contributed by atoms with van der Waals surface area (Å²) in [6.07, 6.45) is 0.749. The number of nitrogens with two attached hydrogens (primary N) is 1. The fraction of sp³-hybridized carbons (Fsp3) is 0.308. The van der Waals surface area contributed by atoms with Crippen LogP contribution in [-0.4, -0.2) is 42.3 Å². The van der Waals surface area contributed by atoms with Gasteiger partial charge in [0.2, 0.25) is 11.8 Å². The lowest BCUT2D eigenvalue weighted by Gasteiger charge is -2.25. The van der Waals surface area contributed by atoms with E-state index in [4.69, 9.17) is 5.73 Å². The van der Waals surface area contributed by atoms with E-state index in [0.717, 1.165) is 12.0 Å². The number of amides is 3. The highest BCUT2D eigenvalue weighted by Gasteiger charge is 2.26. The Labute approximate surface area is 110 Å². The molecule has 0 saturated carbocycles. The molecule has 100 valence electrons. The first kappa shape index (κ1) is 13.2. The normalized spacial score (nSPS) is 15.3. The average Bonchev–Trinajstić information content (AvgIpc) is 2.38. The van der Waals surface area contributed by atoms with Crippen LogP contribution in [0.25, 0.3) is 0 Å². The van der Waals surface area contributed by atoms with Gasteiger partial charge in [0, 0.05) is 5.56 Å². The smallest absolute Gasteiger partial charge is 0.254 e. The Bertz CT molecular complexity index is 494. The van der Waals surface area contributed by atoms with E-state index in [0.29, 0.717) is 12.1 Å². The third kappa shape index (κ3) is 3.17. The first-order valence-electron chi connectivity index (χ1n) is 6.01. The van der Waals surface area contributed by atoms with Crippen molar-refractivity contribution in [3.05, 3.63) is 35.4 Å². The molecule has 6 heteroatoms. The summed E-state index contributed by atoms with van der Waals surface area (Å²) in [4.78, 5) is 35.8. The summed E-state index contributed by atoms with van der Waals surface area (Å²) in [5.74, 6) is -1.23. The Kier molecular flexibility index (Phi) is 3.91. The van der Waals surface area contributed by atoms with E-state index in [-0.39, 0.29) is 19.0 Å². The average molecular weight is 261 g/mol. The standard InChI is InChI=1S/C13H15N3O3/c14-6-5-9-1-3-10(4-2-9)13(19)16-7-11(17)15-12(18)8-16/h1-4H,5-8,14H2,(H,15,17,18). The molecule has 1 aliphatic heterocycles. The van der Waals surface area contributed by atoms with Crippen LogP contribution < -0.4 is 11.1 Å². The van der Waals surface area contributed by atoms with Crippen LogP contribution in [0.5, 0.6) is 0 Å². The van der Waals surface area contributed by atoms with E-state index in [1.807, 2.05) is 12.1 Å². The molecule has 1 saturated heterocycles. The van der Waals surface area contributed by atoms with Crippen molar-refractivity contribution in [1.82, 2.24) is 10.2 Å². The fourth-order valence-corrected chi connectivity index (χ4v) is 1.94. The largest absolute Gasteiger partial charge is 0.330 e. The van der Waals surface area contributed by atoms with E-state index in [1.54, 1.807) is 12.1 Å². The van der Waals surface area contributed by atoms with Crippen molar-refractivity contribution in [2.75, 3.05) is 19.6 Å². The highest BCUT2D eigenvalue weighted by Crippen LogP contribution is 2.09. The minimum Gasteiger partial charge on any atom is -0.330 e. The lowest BCUT2D eigenvalue weighted by atomic mass is 10.1. The van der Waals surface area contributed by atoms with E-state index in [9.17, 15) is 14.4 Å². The zero-order valence-electron chi connectivity index (χ0n) is 10.4. The molecule has 1 aromatic carbocycles. The van der Waals surface area contributed by atoms with Crippen LogP contribution in [0.1, 0.15) is 15.9 Å². The number of carbonyl (C=O) groups excluding carboxylic acids is 3. The lowest BCUT2D eigenvalue weighted by molar-refractivity contribution is -0.135. The summed E-state index contributed by atoms with van der Waals surface area (Å²) in [6.45, 7) is 0.373. The predicted molar refractivity (Wildman–Crippen MR) is 68.3 cm³/mol. The van der Waals surface area contributed by atoms with Crippen molar-refractivity contribution in [2.45, 2.75) is 6.42 Å². The third-order valence-electron chi connectivity index (χ3n) is 2.87. The van der Waals surface area contributed by atoms with Gasteiger partial charge in [0.1, 0.15) is 13.1 Å². The van der Waals surface area contributed by atoms with Gasteiger partial charge in [0.15, 0.2) is 0 Å². The third-order valence-corrected chi connectivity index (χ3v) is 2.87. The molecule has 3 amide bonds. The fourth-order valence-electron chi connectivity index (χ4n) is 1.94. The van der Waals surface area contributed by atoms with Crippen molar-refractivity contribution in [1.29, 1.82) is 0 Å². The van der Waals surface area contributed by atoms with Crippen molar-refractivity contribution in [2.24, 2.45) is 5.73 Å². The van der Waals surface area contributed by atoms with Gasteiger partial charge in [-0.05, 0) is 30.7 Å². The Balaban J connectivity index is 2.10. The SMILES string of the molecule is NCCc1ccc(C(=O)N2CC(=O)NC(=O)C2)cc1. The molecule has 19 heavy (non-hydrogen) atoms. The number of rotatable bonds is 3. The molecule has 2 rings (SSSR count). The molecule has 0 radical (unpaired) electrons. The molecule has 0 aliphatic carbocycles. The molecule has 0 aromatic heterocycles. The number of carbonyl (C=O) groups is 3. The molecule has 0 unspecified atom stereocenters. The van der Waals surface area contributed by atoms with Gasteiger partial charge in [-0.2, -0.15) is 0 Å². The van der Waals surface area contributed by atoms with Crippen molar-refractivity contribution in [3.63, 3.8) is 0 Å². The summed E-state index contributed by atoms with van der Waals surface area (Å²) >= 11 is 0. The minimum absolute atomic E-state index is 0.0882. The summed E-state index contributed by atoms with van der Waals surface area (Å²) in [5.41, 5.74) is 6.96. The summed E-state index contributed by atoms with van der Waals surface area (Å²) in [5, 5.41) is 2.16. The van der Waals surface area contributed by atoms with Gasteiger partial charge >= 0.3 is 0 Å². The minimum atomic E-state index is -0.454. The Morgan fingerprint density at radius 1 is 1.16 bits per heavy atom. The number of benzene rings is 1. The van der Waals surface area contributed by atoms with Gasteiger partial charge in [0.05, 0.1) is 0 Å². The molecule has 1 fully saturated rings. The van der Waals surface area contributed by atoms with E-state index >= 15 is 0 Å². The second-order valence-corrected chi connectivity index (χ2v) is 4.37. The maximum atomic E-state index is 12.1. The molecule has 0 spiro atoms. The number of imide groups is 1. The monoisotopic (exact) mass is 261 g/mol. The summed E-state index contributed by atoms with van der Waals surface area (Å²) in [6, 6.07) is 7.02. The van der Waals surface area contributed by atoms with Gasteiger partial charge in [-0.1, -0.05) is 12.1 Å². The second-order valence-electron chi connectivity index (χ2n) is 4.37. The predicted octanol–water partition coefficient (Wildman–Crippen LogP) is -0.714. The van der Waals surface area contributed by atoms with Crippen LogP contribution in [0.4, 0.5) is 0 Å². The van der Waals surface area contributed by atoms with Crippen LogP contribution in [0, 0.1) is 0 Å². The molecular formula is C13H15N3O3. The van der Waals surface area contributed by atoms with Crippen LogP contribution in [0.3, 0.4) is 0 Å². The van der Waals surface area contributed by atoms with E-state index < -0.39 is 11.8 Å². The van der Waals surface area contributed by atoms with Crippen LogP contribution in [0.15, 0.2) is 24.3 Å². The Morgan fingerprint density at radius 2 is 1.74 bits per heavy atom. The first-order chi connectivity index (χ1) is 9.10. The van der Waals surface area contributed by atoms with Crippen molar-refractivity contribution >= 4 is 17.7 Å². The van der Waals surface area contributed by atoms with Gasteiger partial charge in [-0.15, -0.1) is 0 Å². The van der Waals surface area contributed by atoms with Crippen LogP contribution in [0.2, 0.25) is 0 Å². The number of piperazine rings is 1. The quantitative estimate of drug-likeness (QED) is 0.703. The number of nitrogens with zero attached hydrogens (tertiary/aromatic N) is 1. The molecule has 3 N–H and O–H groups in total. The number of nitrogens with one attached hydrogen (secondary N) is 1. The zero-order chi connectivity index (χ0) is 13.8. The molecule has 6 nitrogen and oxygen atoms in total. The van der Waals surface area contributed by atoms with Crippen molar-refractivity contribution in [3.8, 4) is 0 Å². The van der Waals surface area contributed by atoms with Gasteiger partial charge in [0.25, 0.3) is 5.91 Å². The molecule has 0 bridgehead atoms. The Morgan fingerprint density at radius 3 is 2.26 bits per heavy atom.